The van der Waals surface area contributed by atoms with E-state index in [0.717, 1.165) is 0 Å². The van der Waals surface area contributed by atoms with Crippen LogP contribution in [0.25, 0.3) is 0 Å². The van der Waals surface area contributed by atoms with Crippen LogP contribution in [0.3, 0.4) is 0 Å². The highest BCUT2D eigenvalue weighted by Gasteiger charge is 2.15. The average Bonchev–Trinajstić information content (AvgIpc) is 2.40. The Hall–Kier alpha value is -1.96. The second kappa shape index (κ2) is 8.26. The monoisotopic (exact) mass is 281 g/mol. The predicted molar refractivity (Wildman–Crippen MR) is 75.4 cm³/mol. The van der Waals surface area contributed by atoms with Crippen molar-refractivity contribution in [3.05, 3.63) is 24.3 Å². The van der Waals surface area contributed by atoms with Crippen molar-refractivity contribution in [3.8, 4) is 0 Å². The van der Waals surface area contributed by atoms with Crippen LogP contribution in [-0.2, 0) is 19.1 Å². The molecule has 1 unspecified atom stereocenters. The number of rotatable bonds is 7. The maximum Gasteiger partial charge on any atom is 0.254 e. The molecule has 1 aromatic rings. The van der Waals surface area contributed by atoms with Gasteiger partial charge in [-0.15, -0.1) is 0 Å². The quantitative estimate of drug-likeness (QED) is 0.662. The Morgan fingerprint density at radius 1 is 1.25 bits per heavy atom. The zero-order chi connectivity index (χ0) is 15.0. The summed E-state index contributed by atoms with van der Waals surface area (Å²) in [5.41, 5.74) is 6.51. The summed E-state index contributed by atoms with van der Waals surface area (Å²) in [5.74, 6) is -0.608. The number of hydrogen-bond donors (Lipinski definition) is 3. The number of carbonyl (C=O) groups is 2. The molecule has 7 heteroatoms. The third kappa shape index (κ3) is 4.96. The molecule has 0 bridgehead atoms. The normalized spacial score (nSPS) is 11.8. The molecule has 1 atom stereocenters. The number of benzene rings is 1. The summed E-state index contributed by atoms with van der Waals surface area (Å²) >= 11 is 0. The molecule has 1 aromatic carbocycles. The summed E-state index contributed by atoms with van der Waals surface area (Å²) in [5, 5.41) is 5.31. The van der Waals surface area contributed by atoms with Gasteiger partial charge in [0.1, 0.15) is 12.7 Å². The summed E-state index contributed by atoms with van der Waals surface area (Å²) < 4.78 is 9.66. The number of ether oxygens (including phenoxy) is 2. The van der Waals surface area contributed by atoms with Gasteiger partial charge in [-0.3, -0.25) is 9.59 Å². The molecule has 0 saturated carbocycles. The van der Waals surface area contributed by atoms with Gasteiger partial charge in [0, 0.05) is 32.1 Å². The largest absolute Gasteiger partial charge is 0.375 e. The van der Waals surface area contributed by atoms with Crippen LogP contribution in [-0.4, -0.2) is 45.3 Å². The fourth-order valence-corrected chi connectivity index (χ4v) is 1.54. The molecule has 7 nitrogen and oxygen atoms in total. The van der Waals surface area contributed by atoms with E-state index in [0.29, 0.717) is 11.4 Å². The molecule has 0 heterocycles. The number of nitrogens with two attached hydrogens (primary N) is 1. The molecular formula is C13H19N3O4. The van der Waals surface area contributed by atoms with Crippen molar-refractivity contribution in [2.45, 2.75) is 6.10 Å². The fraction of sp³-hybridized carbons (Fsp3) is 0.385. The summed E-state index contributed by atoms with van der Waals surface area (Å²) in [4.78, 5) is 23.2. The van der Waals surface area contributed by atoms with Gasteiger partial charge in [0.15, 0.2) is 0 Å². The van der Waals surface area contributed by atoms with Crippen molar-refractivity contribution in [2.24, 2.45) is 5.73 Å². The molecule has 20 heavy (non-hydrogen) atoms. The minimum absolute atomic E-state index is 0.0322. The van der Waals surface area contributed by atoms with Crippen molar-refractivity contribution in [2.75, 3.05) is 38.0 Å². The highest BCUT2D eigenvalue weighted by atomic mass is 16.5. The second-order valence-corrected chi connectivity index (χ2v) is 4.01. The lowest BCUT2D eigenvalue weighted by atomic mass is 10.2. The molecule has 0 radical (unpaired) electrons. The predicted octanol–water partition coefficient (Wildman–Crippen LogP) is 0.184. The summed E-state index contributed by atoms with van der Waals surface area (Å²) in [6.07, 6.45) is -0.707. The lowest BCUT2D eigenvalue weighted by Crippen LogP contribution is -2.35. The number of nitrogens with one attached hydrogen (secondary N) is 2. The Kier molecular flexibility index (Phi) is 6.65. The van der Waals surface area contributed by atoms with Crippen LogP contribution in [0.1, 0.15) is 0 Å². The second-order valence-electron chi connectivity index (χ2n) is 4.01. The van der Waals surface area contributed by atoms with Crippen LogP contribution < -0.4 is 16.4 Å². The van der Waals surface area contributed by atoms with Gasteiger partial charge >= 0.3 is 0 Å². The van der Waals surface area contributed by atoms with Gasteiger partial charge < -0.3 is 25.8 Å². The van der Waals surface area contributed by atoms with Gasteiger partial charge in [-0.1, -0.05) is 6.07 Å². The number of carbonyl (C=O) groups excluding carboxylic acids is 2. The summed E-state index contributed by atoms with van der Waals surface area (Å²) in [7, 11) is 2.85. The molecule has 0 aromatic heterocycles. The number of anilines is 2. The van der Waals surface area contributed by atoms with E-state index in [1.54, 1.807) is 24.3 Å². The zero-order valence-corrected chi connectivity index (χ0v) is 11.5. The lowest BCUT2D eigenvalue weighted by molar-refractivity contribution is -0.125. The smallest absolute Gasteiger partial charge is 0.254 e. The third-order valence-corrected chi connectivity index (χ3v) is 2.48. The Morgan fingerprint density at radius 2 is 1.90 bits per heavy atom. The van der Waals surface area contributed by atoms with Crippen molar-refractivity contribution in [1.29, 1.82) is 0 Å². The molecule has 110 valence electrons. The molecular weight excluding hydrogens is 262 g/mol. The van der Waals surface area contributed by atoms with E-state index in [1.807, 2.05) is 0 Å². The molecule has 0 aliphatic rings. The maximum absolute atomic E-state index is 11.8. The summed E-state index contributed by atoms with van der Waals surface area (Å²) in [6.45, 7) is 0.0576. The topological polar surface area (TPSA) is 103 Å². The van der Waals surface area contributed by atoms with Crippen molar-refractivity contribution < 1.29 is 19.1 Å². The summed E-state index contributed by atoms with van der Waals surface area (Å²) in [6, 6.07) is 6.75. The molecule has 0 fully saturated rings. The number of hydrogen-bond acceptors (Lipinski definition) is 5. The first kappa shape index (κ1) is 16.1. The molecule has 4 N–H and O–H groups in total. The van der Waals surface area contributed by atoms with E-state index in [-0.39, 0.29) is 25.0 Å². The van der Waals surface area contributed by atoms with Crippen LogP contribution in [0.2, 0.25) is 0 Å². The molecule has 0 spiro atoms. The van der Waals surface area contributed by atoms with Gasteiger partial charge in [0.25, 0.3) is 5.91 Å². The lowest BCUT2D eigenvalue weighted by Gasteiger charge is -2.13. The van der Waals surface area contributed by atoms with Gasteiger partial charge in [0.05, 0.1) is 0 Å². The van der Waals surface area contributed by atoms with Gasteiger partial charge in [-0.05, 0) is 18.2 Å². The van der Waals surface area contributed by atoms with Crippen LogP contribution in [0.5, 0.6) is 0 Å². The van der Waals surface area contributed by atoms with E-state index < -0.39 is 6.10 Å². The van der Waals surface area contributed by atoms with Crippen molar-refractivity contribution >= 4 is 23.2 Å². The maximum atomic E-state index is 11.8. The Balaban J connectivity index is 2.68. The highest BCUT2D eigenvalue weighted by molar-refractivity contribution is 5.96. The van der Waals surface area contributed by atoms with Crippen LogP contribution in [0.15, 0.2) is 24.3 Å². The number of amides is 2. The van der Waals surface area contributed by atoms with E-state index in [1.165, 1.54) is 14.2 Å². The first-order valence-corrected chi connectivity index (χ1v) is 6.03. The molecule has 2 amide bonds. The van der Waals surface area contributed by atoms with Gasteiger partial charge in [-0.2, -0.15) is 0 Å². The van der Waals surface area contributed by atoms with E-state index in [9.17, 15) is 9.59 Å². The molecule has 0 aliphatic heterocycles. The van der Waals surface area contributed by atoms with Crippen molar-refractivity contribution in [1.82, 2.24) is 0 Å². The van der Waals surface area contributed by atoms with E-state index in [4.69, 9.17) is 15.2 Å². The zero-order valence-electron chi connectivity index (χ0n) is 11.5. The van der Waals surface area contributed by atoms with Crippen LogP contribution in [0, 0.1) is 0 Å². The molecule has 0 saturated heterocycles. The van der Waals surface area contributed by atoms with Gasteiger partial charge in [0.2, 0.25) is 5.91 Å². The van der Waals surface area contributed by atoms with E-state index in [2.05, 4.69) is 10.6 Å². The SMILES string of the molecule is COCC(=O)Nc1cccc(NC(=O)C(CN)OC)c1. The Labute approximate surface area is 117 Å². The van der Waals surface area contributed by atoms with Crippen molar-refractivity contribution in [3.63, 3.8) is 0 Å². The fourth-order valence-electron chi connectivity index (χ4n) is 1.54. The first-order valence-electron chi connectivity index (χ1n) is 6.03. The van der Waals surface area contributed by atoms with Crippen LogP contribution >= 0.6 is 0 Å². The third-order valence-electron chi connectivity index (χ3n) is 2.48. The Bertz CT molecular complexity index is 461. The highest BCUT2D eigenvalue weighted by Crippen LogP contribution is 2.15. The number of methoxy groups -OCH3 is 2. The first-order chi connectivity index (χ1) is 9.60. The molecule has 0 aliphatic carbocycles. The minimum atomic E-state index is -0.707. The minimum Gasteiger partial charge on any atom is -0.375 e. The standard InChI is InChI=1S/C13H19N3O4/c1-19-8-12(17)15-9-4-3-5-10(6-9)16-13(18)11(7-14)20-2/h3-6,11H,7-8,14H2,1-2H3,(H,15,17)(H,16,18). The van der Waals surface area contributed by atoms with E-state index >= 15 is 0 Å². The van der Waals surface area contributed by atoms with Crippen LogP contribution in [0.4, 0.5) is 11.4 Å². The molecule has 1 rings (SSSR count). The average molecular weight is 281 g/mol. The Morgan fingerprint density at radius 3 is 2.45 bits per heavy atom. The van der Waals surface area contributed by atoms with Gasteiger partial charge in [-0.25, -0.2) is 0 Å².